The van der Waals surface area contributed by atoms with Gasteiger partial charge in [-0.25, -0.2) is 8.78 Å². The predicted octanol–water partition coefficient (Wildman–Crippen LogP) is 4.81. The van der Waals surface area contributed by atoms with Crippen molar-refractivity contribution in [1.29, 1.82) is 0 Å². The quantitative estimate of drug-likeness (QED) is 0.631. The SMILES string of the molecule is CC(Nc1c(F)cccc1[N+](=O)[O-])c1ccc(F)cc1Br. The maximum Gasteiger partial charge on any atom is 0.295 e. The lowest BCUT2D eigenvalue weighted by Gasteiger charge is -2.17. The summed E-state index contributed by atoms with van der Waals surface area (Å²) < 4.78 is 27.4. The Morgan fingerprint density at radius 1 is 1.29 bits per heavy atom. The van der Waals surface area contributed by atoms with Crippen molar-refractivity contribution in [1.82, 2.24) is 0 Å². The van der Waals surface area contributed by atoms with Gasteiger partial charge < -0.3 is 5.32 Å². The Balaban J connectivity index is 2.36. The van der Waals surface area contributed by atoms with Crippen LogP contribution < -0.4 is 5.32 Å². The van der Waals surface area contributed by atoms with Crippen molar-refractivity contribution in [3.8, 4) is 0 Å². The minimum absolute atomic E-state index is 0.189. The van der Waals surface area contributed by atoms with Gasteiger partial charge in [0.1, 0.15) is 11.5 Å². The van der Waals surface area contributed by atoms with Gasteiger partial charge in [0, 0.05) is 16.6 Å². The molecular weight excluding hydrogens is 346 g/mol. The first-order valence-corrected chi connectivity index (χ1v) is 6.84. The molecule has 0 aliphatic heterocycles. The first kappa shape index (κ1) is 15.4. The Labute approximate surface area is 128 Å². The molecule has 0 saturated heterocycles. The number of nitro groups is 1. The minimum Gasteiger partial charge on any atom is -0.371 e. The second-order valence-corrected chi connectivity index (χ2v) is 5.28. The molecule has 0 saturated carbocycles. The molecule has 2 rings (SSSR count). The molecule has 1 unspecified atom stereocenters. The standard InChI is InChI=1S/C14H11BrF2N2O2/c1-8(10-6-5-9(16)7-11(10)15)18-14-12(17)3-2-4-13(14)19(20)21/h2-8,18H,1H3. The zero-order valence-corrected chi connectivity index (χ0v) is 12.5. The van der Waals surface area contributed by atoms with E-state index in [0.29, 0.717) is 10.0 Å². The van der Waals surface area contributed by atoms with Crippen LogP contribution in [0.5, 0.6) is 0 Å². The normalized spacial score (nSPS) is 12.0. The summed E-state index contributed by atoms with van der Waals surface area (Å²) in [5, 5.41) is 13.7. The number of para-hydroxylation sites is 1. The lowest BCUT2D eigenvalue weighted by Crippen LogP contribution is -2.10. The summed E-state index contributed by atoms with van der Waals surface area (Å²) in [4.78, 5) is 10.3. The first-order valence-electron chi connectivity index (χ1n) is 6.04. The Morgan fingerprint density at radius 3 is 2.62 bits per heavy atom. The van der Waals surface area contributed by atoms with Crippen molar-refractivity contribution in [3.05, 3.63) is 68.2 Å². The second kappa shape index (κ2) is 6.17. The van der Waals surface area contributed by atoms with E-state index in [1.54, 1.807) is 6.92 Å². The van der Waals surface area contributed by atoms with E-state index < -0.39 is 22.6 Å². The maximum atomic E-state index is 13.8. The van der Waals surface area contributed by atoms with Crippen molar-refractivity contribution in [3.63, 3.8) is 0 Å². The summed E-state index contributed by atoms with van der Waals surface area (Å²) in [5.74, 6) is -1.12. The van der Waals surface area contributed by atoms with Crippen LogP contribution >= 0.6 is 15.9 Å². The molecule has 1 N–H and O–H groups in total. The lowest BCUT2D eigenvalue weighted by atomic mass is 10.1. The van der Waals surface area contributed by atoms with Gasteiger partial charge >= 0.3 is 0 Å². The molecule has 0 aliphatic rings. The topological polar surface area (TPSA) is 55.2 Å². The van der Waals surface area contributed by atoms with Crippen LogP contribution in [-0.4, -0.2) is 4.92 Å². The highest BCUT2D eigenvalue weighted by Gasteiger charge is 2.20. The number of anilines is 1. The lowest BCUT2D eigenvalue weighted by molar-refractivity contribution is -0.384. The fraction of sp³-hybridized carbons (Fsp3) is 0.143. The number of rotatable bonds is 4. The summed E-state index contributed by atoms with van der Waals surface area (Å²) in [5.41, 5.74) is 0.125. The number of nitrogens with one attached hydrogen (secondary N) is 1. The van der Waals surface area contributed by atoms with E-state index in [-0.39, 0.29) is 11.4 Å². The molecule has 0 radical (unpaired) electrons. The van der Waals surface area contributed by atoms with Crippen LogP contribution in [0.25, 0.3) is 0 Å². The van der Waals surface area contributed by atoms with Gasteiger partial charge in [0.2, 0.25) is 0 Å². The Kier molecular flexibility index (Phi) is 4.52. The number of halogens is 3. The summed E-state index contributed by atoms with van der Waals surface area (Å²) in [6.45, 7) is 1.70. The highest BCUT2D eigenvalue weighted by atomic mass is 79.9. The Hall–Kier alpha value is -2.02. The van der Waals surface area contributed by atoms with Crippen molar-refractivity contribution in [2.45, 2.75) is 13.0 Å². The van der Waals surface area contributed by atoms with Gasteiger partial charge in [-0.1, -0.05) is 28.1 Å². The third kappa shape index (κ3) is 3.36. The fourth-order valence-electron chi connectivity index (χ4n) is 1.95. The molecule has 2 aromatic carbocycles. The van der Waals surface area contributed by atoms with Gasteiger partial charge in [-0.2, -0.15) is 0 Å². The summed E-state index contributed by atoms with van der Waals surface area (Å²) in [7, 11) is 0. The van der Waals surface area contributed by atoms with Gasteiger partial charge in [0.05, 0.1) is 4.92 Å². The number of nitro benzene ring substituents is 1. The second-order valence-electron chi connectivity index (χ2n) is 4.42. The molecule has 0 bridgehead atoms. The van der Waals surface area contributed by atoms with Crippen LogP contribution in [0.4, 0.5) is 20.2 Å². The third-order valence-electron chi connectivity index (χ3n) is 2.98. The zero-order chi connectivity index (χ0) is 15.6. The van der Waals surface area contributed by atoms with Crippen molar-refractivity contribution in [2.24, 2.45) is 0 Å². The number of nitrogens with zero attached hydrogens (tertiary/aromatic N) is 1. The minimum atomic E-state index is -0.714. The van der Waals surface area contributed by atoms with Gasteiger partial charge in [-0.05, 0) is 30.7 Å². The van der Waals surface area contributed by atoms with E-state index in [2.05, 4.69) is 21.2 Å². The number of hydrogen-bond donors (Lipinski definition) is 1. The molecule has 0 aromatic heterocycles. The number of hydrogen-bond acceptors (Lipinski definition) is 3. The summed E-state index contributed by atoms with van der Waals surface area (Å²) in [6.07, 6.45) is 0. The average molecular weight is 357 g/mol. The molecule has 7 heteroatoms. The van der Waals surface area contributed by atoms with Crippen molar-refractivity contribution >= 4 is 27.3 Å². The largest absolute Gasteiger partial charge is 0.371 e. The maximum absolute atomic E-state index is 13.8. The van der Waals surface area contributed by atoms with E-state index in [9.17, 15) is 18.9 Å². The van der Waals surface area contributed by atoms with Crippen LogP contribution in [0.1, 0.15) is 18.5 Å². The fourth-order valence-corrected chi connectivity index (χ4v) is 2.65. The molecule has 0 amide bonds. The molecule has 4 nitrogen and oxygen atoms in total. The average Bonchev–Trinajstić information content (AvgIpc) is 2.40. The molecule has 0 heterocycles. The molecule has 1 atom stereocenters. The van der Waals surface area contributed by atoms with Gasteiger partial charge in [0.25, 0.3) is 5.69 Å². The number of benzene rings is 2. The zero-order valence-electron chi connectivity index (χ0n) is 10.9. The first-order chi connectivity index (χ1) is 9.90. The summed E-state index contributed by atoms with van der Waals surface area (Å²) in [6, 6.07) is 7.27. The van der Waals surface area contributed by atoms with Crippen LogP contribution in [-0.2, 0) is 0 Å². The van der Waals surface area contributed by atoms with Crippen molar-refractivity contribution in [2.75, 3.05) is 5.32 Å². The van der Waals surface area contributed by atoms with Crippen LogP contribution in [0.3, 0.4) is 0 Å². The molecule has 0 fully saturated rings. The molecule has 0 spiro atoms. The predicted molar refractivity (Wildman–Crippen MR) is 79.2 cm³/mol. The van der Waals surface area contributed by atoms with E-state index in [4.69, 9.17) is 0 Å². The van der Waals surface area contributed by atoms with E-state index in [0.717, 1.165) is 6.07 Å². The Bertz CT molecular complexity index is 695. The highest BCUT2D eigenvalue weighted by molar-refractivity contribution is 9.10. The molecule has 110 valence electrons. The van der Waals surface area contributed by atoms with E-state index in [1.807, 2.05) is 0 Å². The Morgan fingerprint density at radius 2 is 2.00 bits per heavy atom. The van der Waals surface area contributed by atoms with Crippen molar-refractivity contribution < 1.29 is 13.7 Å². The van der Waals surface area contributed by atoms with Crippen LogP contribution in [0, 0.1) is 21.7 Å². The van der Waals surface area contributed by atoms with Gasteiger partial charge in [-0.3, -0.25) is 10.1 Å². The molecule has 2 aromatic rings. The van der Waals surface area contributed by atoms with Crippen LogP contribution in [0.2, 0.25) is 0 Å². The van der Waals surface area contributed by atoms with E-state index in [1.165, 1.54) is 30.3 Å². The molecular formula is C14H11BrF2N2O2. The summed E-state index contributed by atoms with van der Waals surface area (Å²) >= 11 is 3.22. The van der Waals surface area contributed by atoms with Gasteiger partial charge in [0.15, 0.2) is 5.82 Å². The third-order valence-corrected chi connectivity index (χ3v) is 3.66. The molecule has 21 heavy (non-hydrogen) atoms. The van der Waals surface area contributed by atoms with Gasteiger partial charge in [-0.15, -0.1) is 0 Å². The van der Waals surface area contributed by atoms with E-state index >= 15 is 0 Å². The smallest absolute Gasteiger partial charge is 0.295 e. The molecule has 0 aliphatic carbocycles. The van der Waals surface area contributed by atoms with Crippen LogP contribution in [0.15, 0.2) is 40.9 Å². The highest BCUT2D eigenvalue weighted by Crippen LogP contribution is 2.32. The monoisotopic (exact) mass is 356 g/mol.